The first-order valence-electron chi connectivity index (χ1n) is 5.49. The molecule has 4 nitrogen and oxygen atoms in total. The Bertz CT molecular complexity index is 529. The number of halogens is 2. The van der Waals surface area contributed by atoms with Crippen molar-refractivity contribution < 1.29 is 17.5 Å². The third kappa shape index (κ3) is 3.57. The van der Waals surface area contributed by atoms with Gasteiger partial charge in [-0.25, -0.2) is 12.8 Å². The maximum atomic E-state index is 13.2. The van der Waals surface area contributed by atoms with Crippen LogP contribution in [0.3, 0.4) is 0 Å². The van der Waals surface area contributed by atoms with Crippen LogP contribution in [0.25, 0.3) is 0 Å². The van der Waals surface area contributed by atoms with Gasteiger partial charge in [-0.05, 0) is 23.8 Å². The first-order chi connectivity index (χ1) is 8.46. The average molecular weight is 294 g/mol. The minimum atomic E-state index is -3.71. The van der Waals surface area contributed by atoms with Gasteiger partial charge in [0, 0.05) is 29.5 Å². The SMILES string of the molecule is O=S(=O)(Cl)Cc1cc(F)ccc1N1CCOCC1. The number of anilines is 1. The Morgan fingerprint density at radius 1 is 1.33 bits per heavy atom. The molecule has 18 heavy (non-hydrogen) atoms. The van der Waals surface area contributed by atoms with Crippen molar-refractivity contribution in [1.29, 1.82) is 0 Å². The van der Waals surface area contributed by atoms with Crippen LogP contribution in [-0.4, -0.2) is 34.7 Å². The van der Waals surface area contributed by atoms with E-state index in [1.54, 1.807) is 6.07 Å². The van der Waals surface area contributed by atoms with Gasteiger partial charge in [-0.1, -0.05) is 0 Å². The Morgan fingerprint density at radius 2 is 2.00 bits per heavy atom. The Balaban J connectivity index is 2.33. The topological polar surface area (TPSA) is 46.6 Å². The minimum absolute atomic E-state index is 0.376. The van der Waals surface area contributed by atoms with E-state index in [2.05, 4.69) is 0 Å². The van der Waals surface area contributed by atoms with Crippen LogP contribution in [0.15, 0.2) is 18.2 Å². The van der Waals surface area contributed by atoms with Crippen molar-refractivity contribution >= 4 is 25.4 Å². The van der Waals surface area contributed by atoms with Crippen molar-refractivity contribution in [2.24, 2.45) is 0 Å². The van der Waals surface area contributed by atoms with Gasteiger partial charge in [-0.15, -0.1) is 0 Å². The molecule has 0 atom stereocenters. The van der Waals surface area contributed by atoms with Crippen LogP contribution in [0.1, 0.15) is 5.56 Å². The summed E-state index contributed by atoms with van der Waals surface area (Å²) in [7, 11) is 1.53. The lowest BCUT2D eigenvalue weighted by atomic mass is 10.1. The van der Waals surface area contributed by atoms with Gasteiger partial charge in [-0.3, -0.25) is 0 Å². The maximum Gasteiger partial charge on any atom is 0.236 e. The molecular weight excluding hydrogens is 281 g/mol. The van der Waals surface area contributed by atoms with E-state index in [9.17, 15) is 12.8 Å². The number of benzene rings is 1. The summed E-state index contributed by atoms with van der Waals surface area (Å²) in [5.41, 5.74) is 1.08. The molecular formula is C11H13ClFNO3S. The third-order valence-corrected chi connectivity index (χ3v) is 3.70. The van der Waals surface area contributed by atoms with Gasteiger partial charge >= 0.3 is 0 Å². The molecule has 0 unspecified atom stereocenters. The number of hydrogen-bond acceptors (Lipinski definition) is 4. The summed E-state index contributed by atoms with van der Waals surface area (Å²) in [4.78, 5) is 1.97. The average Bonchev–Trinajstić information content (AvgIpc) is 2.28. The molecule has 1 aromatic carbocycles. The molecule has 1 aromatic rings. The third-order valence-electron chi connectivity index (χ3n) is 2.72. The highest BCUT2D eigenvalue weighted by Crippen LogP contribution is 2.25. The summed E-state index contributed by atoms with van der Waals surface area (Å²) < 4.78 is 40.7. The van der Waals surface area contributed by atoms with E-state index in [0.717, 1.165) is 0 Å². The summed E-state index contributed by atoms with van der Waals surface area (Å²) in [6, 6.07) is 4.11. The first kappa shape index (κ1) is 13.6. The molecule has 0 aliphatic carbocycles. The molecule has 0 amide bonds. The van der Waals surface area contributed by atoms with E-state index < -0.39 is 14.9 Å². The van der Waals surface area contributed by atoms with Crippen molar-refractivity contribution in [1.82, 2.24) is 0 Å². The van der Waals surface area contributed by atoms with E-state index in [-0.39, 0.29) is 5.75 Å². The lowest BCUT2D eigenvalue weighted by Gasteiger charge is -2.30. The van der Waals surface area contributed by atoms with Crippen LogP contribution >= 0.6 is 10.7 Å². The van der Waals surface area contributed by atoms with Gasteiger partial charge in [0.25, 0.3) is 0 Å². The van der Waals surface area contributed by atoms with Crippen molar-refractivity contribution in [3.8, 4) is 0 Å². The number of hydrogen-bond donors (Lipinski definition) is 0. The van der Waals surface area contributed by atoms with E-state index in [4.69, 9.17) is 15.4 Å². The van der Waals surface area contributed by atoms with Crippen LogP contribution in [-0.2, 0) is 19.5 Å². The smallest absolute Gasteiger partial charge is 0.236 e. The highest BCUT2D eigenvalue weighted by Gasteiger charge is 2.18. The summed E-state index contributed by atoms with van der Waals surface area (Å²) in [5.74, 6) is -0.846. The second-order valence-corrected chi connectivity index (χ2v) is 6.83. The van der Waals surface area contributed by atoms with Gasteiger partial charge < -0.3 is 9.64 Å². The van der Waals surface area contributed by atoms with Crippen molar-refractivity contribution in [2.75, 3.05) is 31.2 Å². The number of rotatable bonds is 3. The minimum Gasteiger partial charge on any atom is -0.378 e. The van der Waals surface area contributed by atoms with E-state index >= 15 is 0 Å². The second kappa shape index (κ2) is 5.42. The van der Waals surface area contributed by atoms with E-state index in [1.807, 2.05) is 4.90 Å². The molecule has 100 valence electrons. The molecule has 1 fully saturated rings. The van der Waals surface area contributed by atoms with Crippen LogP contribution in [0, 0.1) is 5.82 Å². The lowest BCUT2D eigenvalue weighted by Crippen LogP contribution is -2.36. The normalized spacial score (nSPS) is 16.9. The molecule has 0 bridgehead atoms. The zero-order valence-electron chi connectivity index (χ0n) is 9.60. The Morgan fingerprint density at radius 3 is 2.61 bits per heavy atom. The van der Waals surface area contributed by atoms with Crippen LogP contribution in [0.5, 0.6) is 0 Å². The number of nitrogens with zero attached hydrogens (tertiary/aromatic N) is 1. The fourth-order valence-electron chi connectivity index (χ4n) is 1.97. The molecule has 0 saturated carbocycles. The molecule has 0 N–H and O–H groups in total. The predicted molar refractivity (Wildman–Crippen MR) is 67.9 cm³/mol. The molecule has 2 rings (SSSR count). The molecule has 7 heteroatoms. The summed E-state index contributed by atoms with van der Waals surface area (Å²) in [6.45, 7) is 2.46. The fraction of sp³-hybridized carbons (Fsp3) is 0.455. The van der Waals surface area contributed by atoms with Crippen LogP contribution in [0.2, 0.25) is 0 Å². The molecule has 1 aliphatic rings. The molecule has 1 saturated heterocycles. The van der Waals surface area contributed by atoms with Gasteiger partial charge in [-0.2, -0.15) is 0 Å². The summed E-state index contributed by atoms with van der Waals surface area (Å²) >= 11 is 0. The highest BCUT2D eigenvalue weighted by molar-refractivity contribution is 8.13. The molecule has 0 radical (unpaired) electrons. The maximum absolute atomic E-state index is 13.2. The Labute approximate surface area is 110 Å². The van der Waals surface area contributed by atoms with Crippen LogP contribution in [0.4, 0.5) is 10.1 Å². The standard InChI is InChI=1S/C11H13ClFNO3S/c12-18(15,16)8-9-7-10(13)1-2-11(9)14-3-5-17-6-4-14/h1-2,7H,3-6,8H2. The quantitative estimate of drug-likeness (QED) is 0.796. The molecule has 1 aliphatic heterocycles. The first-order valence-corrected chi connectivity index (χ1v) is 7.97. The van der Waals surface area contributed by atoms with Gasteiger partial charge in [0.2, 0.25) is 9.05 Å². The zero-order chi connectivity index (χ0) is 13.2. The molecule has 1 heterocycles. The Kier molecular flexibility index (Phi) is 4.09. The predicted octanol–water partition coefficient (Wildman–Crippen LogP) is 1.73. The number of morpholine rings is 1. The zero-order valence-corrected chi connectivity index (χ0v) is 11.2. The van der Waals surface area contributed by atoms with E-state index in [1.165, 1.54) is 12.1 Å². The van der Waals surface area contributed by atoms with Gasteiger partial charge in [0.15, 0.2) is 0 Å². The van der Waals surface area contributed by atoms with Crippen molar-refractivity contribution in [2.45, 2.75) is 5.75 Å². The van der Waals surface area contributed by atoms with E-state index in [0.29, 0.717) is 37.6 Å². The summed E-state index contributed by atoms with van der Waals surface area (Å²) in [5, 5.41) is 0. The van der Waals surface area contributed by atoms with Crippen molar-refractivity contribution in [3.63, 3.8) is 0 Å². The van der Waals surface area contributed by atoms with Crippen LogP contribution < -0.4 is 4.90 Å². The summed E-state index contributed by atoms with van der Waals surface area (Å²) in [6.07, 6.45) is 0. The largest absolute Gasteiger partial charge is 0.378 e. The van der Waals surface area contributed by atoms with Crippen molar-refractivity contribution in [3.05, 3.63) is 29.6 Å². The number of ether oxygens (including phenoxy) is 1. The fourth-order valence-corrected chi connectivity index (χ4v) is 2.92. The second-order valence-electron chi connectivity index (χ2n) is 4.06. The molecule has 0 aromatic heterocycles. The van der Waals surface area contributed by atoms with Gasteiger partial charge in [0.05, 0.1) is 19.0 Å². The Hall–Kier alpha value is -0.850. The highest BCUT2D eigenvalue weighted by atomic mass is 35.7. The molecule has 0 spiro atoms. The lowest BCUT2D eigenvalue weighted by molar-refractivity contribution is 0.122. The monoisotopic (exact) mass is 293 g/mol. The van der Waals surface area contributed by atoms with Gasteiger partial charge in [0.1, 0.15) is 5.82 Å².